The Bertz CT molecular complexity index is 465. The molecule has 1 aromatic carbocycles. The van der Waals surface area contributed by atoms with Crippen molar-refractivity contribution in [2.75, 3.05) is 16.9 Å². The first-order valence-electron chi connectivity index (χ1n) is 5.35. The minimum Gasteiger partial charge on any atom is -0.325 e. The fourth-order valence-corrected chi connectivity index (χ4v) is 1.51. The Hall–Kier alpha value is -1.56. The maximum Gasteiger partial charge on any atom is 0.237 e. The number of amides is 2. The molecule has 1 atom stereocenters. The van der Waals surface area contributed by atoms with E-state index in [1.807, 2.05) is 6.26 Å². The lowest BCUT2D eigenvalue weighted by Crippen LogP contribution is -2.22. The van der Waals surface area contributed by atoms with E-state index < -0.39 is 5.82 Å². The summed E-state index contributed by atoms with van der Waals surface area (Å²) in [6.07, 6.45) is 1.83. The van der Waals surface area contributed by atoms with E-state index >= 15 is 0 Å². The van der Waals surface area contributed by atoms with Crippen molar-refractivity contribution in [2.24, 2.45) is 0 Å². The van der Waals surface area contributed by atoms with Gasteiger partial charge in [0.1, 0.15) is 5.82 Å². The van der Waals surface area contributed by atoms with Gasteiger partial charge in [-0.3, -0.25) is 9.59 Å². The molecule has 0 unspecified atom stereocenters. The highest BCUT2D eigenvalue weighted by Gasteiger charge is 2.12. The van der Waals surface area contributed by atoms with Gasteiger partial charge in [-0.15, -0.1) is 0 Å². The summed E-state index contributed by atoms with van der Waals surface area (Å²) in [5.74, 6) is -1.07. The molecule has 0 bridgehead atoms. The maximum atomic E-state index is 13.4. The Morgan fingerprint density at radius 2 is 2.00 bits per heavy atom. The maximum absolute atomic E-state index is 13.4. The number of thioether (sulfide) groups is 1. The molecule has 2 amide bonds. The highest BCUT2D eigenvalue weighted by molar-refractivity contribution is 7.99. The van der Waals surface area contributed by atoms with Crippen molar-refractivity contribution < 1.29 is 14.0 Å². The molecular formula is C12H15FN2O2S. The molecule has 4 nitrogen and oxygen atoms in total. The third-order valence-electron chi connectivity index (χ3n) is 2.27. The molecule has 6 heteroatoms. The molecule has 0 aromatic heterocycles. The fourth-order valence-electron chi connectivity index (χ4n) is 1.24. The largest absolute Gasteiger partial charge is 0.325 e. The molecule has 0 fully saturated rings. The van der Waals surface area contributed by atoms with Crippen LogP contribution in [0.15, 0.2) is 18.2 Å². The highest BCUT2D eigenvalue weighted by Crippen LogP contribution is 2.20. The summed E-state index contributed by atoms with van der Waals surface area (Å²) >= 11 is 1.41. The van der Waals surface area contributed by atoms with Crippen LogP contribution in [-0.4, -0.2) is 23.3 Å². The Balaban J connectivity index is 2.85. The van der Waals surface area contributed by atoms with Gasteiger partial charge in [-0.25, -0.2) is 4.39 Å². The second-order valence-corrected chi connectivity index (χ2v) is 4.92. The molecule has 0 saturated heterocycles. The normalized spacial score (nSPS) is 11.8. The van der Waals surface area contributed by atoms with Crippen LogP contribution in [0.5, 0.6) is 0 Å². The van der Waals surface area contributed by atoms with E-state index in [0.29, 0.717) is 5.69 Å². The van der Waals surface area contributed by atoms with Crippen molar-refractivity contribution in [1.29, 1.82) is 0 Å². The van der Waals surface area contributed by atoms with Crippen LogP contribution in [-0.2, 0) is 9.59 Å². The summed E-state index contributed by atoms with van der Waals surface area (Å²) in [4.78, 5) is 22.5. The summed E-state index contributed by atoms with van der Waals surface area (Å²) in [5.41, 5.74) is 0.503. The molecule has 0 radical (unpaired) electrons. The smallest absolute Gasteiger partial charge is 0.237 e. The van der Waals surface area contributed by atoms with Gasteiger partial charge in [0, 0.05) is 12.6 Å². The molecule has 0 saturated carbocycles. The molecule has 98 valence electrons. The van der Waals surface area contributed by atoms with Crippen molar-refractivity contribution >= 4 is 35.0 Å². The Morgan fingerprint density at radius 3 is 2.56 bits per heavy atom. The number of carbonyl (C=O) groups excluding carboxylic acids is 2. The number of anilines is 2. The lowest BCUT2D eigenvalue weighted by Gasteiger charge is -2.11. The van der Waals surface area contributed by atoms with Gasteiger partial charge in [0.15, 0.2) is 0 Å². The van der Waals surface area contributed by atoms with E-state index in [-0.39, 0.29) is 22.8 Å². The Kier molecular flexibility index (Phi) is 5.15. The third kappa shape index (κ3) is 4.03. The number of nitrogens with one attached hydrogen (secondary N) is 2. The van der Waals surface area contributed by atoms with Crippen molar-refractivity contribution in [3.05, 3.63) is 24.0 Å². The lowest BCUT2D eigenvalue weighted by molar-refractivity contribution is -0.115. The number of hydrogen-bond donors (Lipinski definition) is 2. The molecule has 0 spiro atoms. The minimum atomic E-state index is -0.541. The first kappa shape index (κ1) is 14.5. The topological polar surface area (TPSA) is 58.2 Å². The number of benzene rings is 1. The molecule has 0 aliphatic carbocycles. The average Bonchev–Trinajstić information content (AvgIpc) is 2.31. The first-order chi connectivity index (χ1) is 8.43. The molecule has 1 rings (SSSR count). The highest BCUT2D eigenvalue weighted by atomic mass is 32.2. The van der Waals surface area contributed by atoms with E-state index in [1.165, 1.54) is 36.9 Å². The summed E-state index contributed by atoms with van der Waals surface area (Å²) in [6, 6.07) is 4.04. The number of carbonyl (C=O) groups is 2. The number of hydrogen-bond acceptors (Lipinski definition) is 3. The van der Waals surface area contributed by atoms with Crippen molar-refractivity contribution in [1.82, 2.24) is 0 Å². The van der Waals surface area contributed by atoms with Gasteiger partial charge in [0.2, 0.25) is 11.8 Å². The summed E-state index contributed by atoms with van der Waals surface area (Å²) in [5, 5.41) is 4.82. The molecule has 18 heavy (non-hydrogen) atoms. The number of halogens is 1. The average molecular weight is 270 g/mol. The second-order valence-electron chi connectivity index (χ2n) is 3.74. The molecule has 1 aromatic rings. The molecule has 2 N–H and O–H groups in total. The van der Waals surface area contributed by atoms with E-state index in [4.69, 9.17) is 0 Å². The predicted molar refractivity (Wildman–Crippen MR) is 72.3 cm³/mol. The van der Waals surface area contributed by atoms with Gasteiger partial charge in [-0.05, 0) is 31.4 Å². The molecule has 0 aliphatic heterocycles. The summed E-state index contributed by atoms with van der Waals surface area (Å²) in [7, 11) is 0. The Morgan fingerprint density at radius 1 is 1.33 bits per heavy atom. The molecular weight excluding hydrogens is 255 g/mol. The zero-order chi connectivity index (χ0) is 13.7. The zero-order valence-electron chi connectivity index (χ0n) is 10.4. The van der Waals surface area contributed by atoms with Crippen LogP contribution in [0.1, 0.15) is 13.8 Å². The SMILES string of the molecule is CS[C@@H](C)C(=O)Nc1ccc(F)c(NC(C)=O)c1. The van der Waals surface area contributed by atoms with E-state index in [0.717, 1.165) is 0 Å². The van der Waals surface area contributed by atoms with Gasteiger partial charge in [-0.2, -0.15) is 11.8 Å². The third-order valence-corrected chi connectivity index (χ3v) is 3.19. The van der Waals surface area contributed by atoms with Crippen LogP contribution < -0.4 is 10.6 Å². The van der Waals surface area contributed by atoms with Crippen molar-refractivity contribution in [3.63, 3.8) is 0 Å². The van der Waals surface area contributed by atoms with Crippen LogP contribution in [0.25, 0.3) is 0 Å². The van der Waals surface area contributed by atoms with Gasteiger partial charge >= 0.3 is 0 Å². The monoisotopic (exact) mass is 270 g/mol. The summed E-state index contributed by atoms with van der Waals surface area (Å²) < 4.78 is 13.4. The van der Waals surface area contributed by atoms with Crippen LogP contribution in [0.3, 0.4) is 0 Å². The standard InChI is InChI=1S/C12H15FN2O2S/c1-7(18-3)12(17)15-9-4-5-10(13)11(6-9)14-8(2)16/h4-7H,1-3H3,(H,14,16)(H,15,17)/t7-/m0/s1. The van der Waals surface area contributed by atoms with Crippen LogP contribution in [0.2, 0.25) is 0 Å². The number of rotatable bonds is 4. The zero-order valence-corrected chi connectivity index (χ0v) is 11.2. The van der Waals surface area contributed by atoms with Gasteiger partial charge < -0.3 is 10.6 Å². The lowest BCUT2D eigenvalue weighted by atomic mass is 10.2. The van der Waals surface area contributed by atoms with Crippen LogP contribution in [0, 0.1) is 5.82 Å². The quantitative estimate of drug-likeness (QED) is 0.883. The van der Waals surface area contributed by atoms with Crippen molar-refractivity contribution in [3.8, 4) is 0 Å². The minimum absolute atomic E-state index is 0.0529. The Labute approximate surface area is 109 Å². The van der Waals surface area contributed by atoms with E-state index in [1.54, 1.807) is 6.92 Å². The van der Waals surface area contributed by atoms with Crippen LogP contribution >= 0.6 is 11.8 Å². The van der Waals surface area contributed by atoms with Gasteiger partial charge in [0.25, 0.3) is 0 Å². The van der Waals surface area contributed by atoms with E-state index in [9.17, 15) is 14.0 Å². The van der Waals surface area contributed by atoms with Gasteiger partial charge in [-0.1, -0.05) is 0 Å². The summed E-state index contributed by atoms with van der Waals surface area (Å²) in [6.45, 7) is 3.07. The van der Waals surface area contributed by atoms with Crippen LogP contribution in [0.4, 0.5) is 15.8 Å². The predicted octanol–water partition coefficient (Wildman–Crippen LogP) is 2.47. The first-order valence-corrected chi connectivity index (χ1v) is 6.63. The second kappa shape index (κ2) is 6.39. The molecule has 0 heterocycles. The van der Waals surface area contributed by atoms with Gasteiger partial charge in [0.05, 0.1) is 10.9 Å². The van der Waals surface area contributed by atoms with E-state index in [2.05, 4.69) is 10.6 Å². The molecule has 0 aliphatic rings. The fraction of sp³-hybridized carbons (Fsp3) is 0.333. The van der Waals surface area contributed by atoms with Crippen molar-refractivity contribution in [2.45, 2.75) is 19.1 Å².